The molecular formula is C15H19N5O6S. The van der Waals surface area contributed by atoms with Gasteiger partial charge in [-0.1, -0.05) is 6.07 Å². The van der Waals surface area contributed by atoms with Crippen molar-refractivity contribution in [1.29, 1.82) is 5.41 Å². The number of fused-ring (bicyclic) bond motifs is 2. The van der Waals surface area contributed by atoms with Gasteiger partial charge in [0.1, 0.15) is 5.84 Å². The molecule has 146 valence electrons. The molecule has 2 atom stereocenters. The Balaban J connectivity index is 1.56. The molecule has 1 aromatic rings. The minimum Gasteiger partial charge on any atom is -0.313 e. The summed E-state index contributed by atoms with van der Waals surface area (Å²) >= 11 is 0. The standard InChI is InChI=1S/C15H19N5O6S/c16-14(18-13(21)7-4-10-3-1-2-8-17-10)12-6-5-11-9-19(12)15(22)20(11)26-27(23,24)25/h1-3,8,11-12H,4-7,9H2,(H2,16,18,21)(H,23,24,25)/t11-,12+/m1/s1. The lowest BCUT2D eigenvalue weighted by atomic mass is 10.00. The van der Waals surface area contributed by atoms with Gasteiger partial charge in [0.25, 0.3) is 0 Å². The van der Waals surface area contributed by atoms with Crippen LogP contribution in [0.25, 0.3) is 0 Å². The van der Waals surface area contributed by atoms with Crippen molar-refractivity contribution in [2.24, 2.45) is 0 Å². The number of pyridine rings is 1. The lowest BCUT2D eigenvalue weighted by molar-refractivity contribution is -0.119. The number of aromatic nitrogens is 1. The second-order valence-corrected chi connectivity index (χ2v) is 7.30. The molecule has 0 aromatic carbocycles. The minimum atomic E-state index is -4.82. The van der Waals surface area contributed by atoms with Gasteiger partial charge in [-0.25, -0.2) is 4.79 Å². The van der Waals surface area contributed by atoms with Crippen LogP contribution in [0.1, 0.15) is 25.0 Å². The molecule has 3 rings (SSSR count). The molecule has 11 nitrogen and oxygen atoms in total. The molecule has 3 N–H and O–H groups in total. The number of rotatable bonds is 6. The third-order valence-corrected chi connectivity index (χ3v) is 4.79. The van der Waals surface area contributed by atoms with Gasteiger partial charge < -0.3 is 10.2 Å². The fourth-order valence-corrected chi connectivity index (χ4v) is 3.60. The number of amidine groups is 1. The van der Waals surface area contributed by atoms with E-state index in [1.807, 2.05) is 6.07 Å². The average molecular weight is 397 g/mol. The number of hydroxylamine groups is 2. The molecule has 12 heteroatoms. The zero-order chi connectivity index (χ0) is 19.6. The highest BCUT2D eigenvalue weighted by molar-refractivity contribution is 7.80. The van der Waals surface area contributed by atoms with Gasteiger partial charge in [-0.05, 0) is 31.4 Å². The molecule has 2 aliphatic rings. The first kappa shape index (κ1) is 19.2. The van der Waals surface area contributed by atoms with E-state index in [1.165, 1.54) is 4.90 Å². The van der Waals surface area contributed by atoms with Crippen LogP contribution in [-0.4, -0.2) is 64.3 Å². The van der Waals surface area contributed by atoms with Crippen LogP contribution in [0.3, 0.4) is 0 Å². The van der Waals surface area contributed by atoms with Crippen molar-refractivity contribution in [3.63, 3.8) is 0 Å². The van der Waals surface area contributed by atoms with Gasteiger partial charge in [0.05, 0.1) is 12.1 Å². The number of amides is 3. The molecule has 1 aromatic heterocycles. The Kier molecular flexibility index (Phi) is 5.39. The predicted molar refractivity (Wildman–Crippen MR) is 91.8 cm³/mol. The summed E-state index contributed by atoms with van der Waals surface area (Å²) in [5, 5.41) is 11.2. The van der Waals surface area contributed by atoms with E-state index in [4.69, 9.17) is 9.96 Å². The number of piperidine rings is 1. The zero-order valence-electron chi connectivity index (χ0n) is 14.2. The minimum absolute atomic E-state index is 0.137. The molecule has 0 unspecified atom stereocenters. The van der Waals surface area contributed by atoms with Gasteiger partial charge in [0.15, 0.2) is 0 Å². The molecular weight excluding hydrogens is 378 g/mol. The maximum Gasteiger partial charge on any atom is 0.418 e. The lowest BCUT2D eigenvalue weighted by Gasteiger charge is -2.30. The Hall–Kier alpha value is -2.57. The Morgan fingerprint density at radius 3 is 2.85 bits per heavy atom. The fourth-order valence-electron chi connectivity index (χ4n) is 3.22. The number of nitrogens with one attached hydrogen (secondary N) is 2. The Labute approximate surface area is 155 Å². The quantitative estimate of drug-likeness (QED) is 0.350. The van der Waals surface area contributed by atoms with Gasteiger partial charge in [-0.2, -0.15) is 13.5 Å². The van der Waals surface area contributed by atoms with E-state index in [2.05, 4.69) is 14.6 Å². The van der Waals surface area contributed by atoms with Crippen LogP contribution in [0.5, 0.6) is 0 Å². The maximum atomic E-state index is 12.3. The molecule has 2 bridgehead atoms. The molecule has 27 heavy (non-hydrogen) atoms. The normalized spacial score (nSPS) is 22.0. The van der Waals surface area contributed by atoms with E-state index in [9.17, 15) is 18.0 Å². The summed E-state index contributed by atoms with van der Waals surface area (Å²) in [4.78, 5) is 29.8. The number of hydrogen-bond donors (Lipinski definition) is 3. The first-order chi connectivity index (χ1) is 12.7. The van der Waals surface area contributed by atoms with E-state index in [1.54, 1.807) is 18.3 Å². The third-order valence-electron chi connectivity index (χ3n) is 4.44. The molecule has 2 aliphatic heterocycles. The topological polar surface area (TPSA) is 153 Å². The van der Waals surface area contributed by atoms with E-state index >= 15 is 0 Å². The summed E-state index contributed by atoms with van der Waals surface area (Å²) in [6, 6.07) is 3.39. The molecule has 0 radical (unpaired) electrons. The van der Waals surface area contributed by atoms with Crippen molar-refractivity contribution in [2.45, 2.75) is 37.8 Å². The van der Waals surface area contributed by atoms with Crippen molar-refractivity contribution < 1.29 is 26.8 Å². The number of carbonyl (C=O) groups is 2. The zero-order valence-corrected chi connectivity index (χ0v) is 15.1. The summed E-state index contributed by atoms with van der Waals surface area (Å²) < 4.78 is 34.9. The highest BCUT2D eigenvalue weighted by atomic mass is 32.3. The van der Waals surface area contributed by atoms with Crippen LogP contribution < -0.4 is 5.32 Å². The number of aryl methyl sites for hydroxylation is 1. The highest BCUT2D eigenvalue weighted by Crippen LogP contribution is 2.30. The summed E-state index contributed by atoms with van der Waals surface area (Å²) in [6.45, 7) is 0.144. The van der Waals surface area contributed by atoms with Crippen LogP contribution in [0, 0.1) is 5.41 Å². The molecule has 0 spiro atoms. The Morgan fingerprint density at radius 2 is 2.19 bits per heavy atom. The van der Waals surface area contributed by atoms with Gasteiger partial charge in [0, 0.05) is 24.9 Å². The second kappa shape index (κ2) is 7.58. The maximum absolute atomic E-state index is 12.3. The van der Waals surface area contributed by atoms with Crippen molar-refractivity contribution in [3.8, 4) is 0 Å². The predicted octanol–water partition coefficient (Wildman–Crippen LogP) is 0.111. The Bertz CT molecular complexity index is 846. The van der Waals surface area contributed by atoms with Crippen molar-refractivity contribution in [3.05, 3.63) is 30.1 Å². The van der Waals surface area contributed by atoms with Gasteiger partial charge in [0.2, 0.25) is 5.91 Å². The molecule has 2 fully saturated rings. The first-order valence-electron chi connectivity index (χ1n) is 8.29. The van der Waals surface area contributed by atoms with Gasteiger partial charge in [-0.3, -0.25) is 19.7 Å². The van der Waals surface area contributed by atoms with E-state index in [-0.39, 0.29) is 24.7 Å². The largest absolute Gasteiger partial charge is 0.418 e. The summed E-state index contributed by atoms with van der Waals surface area (Å²) in [5.74, 6) is -0.507. The smallest absolute Gasteiger partial charge is 0.313 e. The van der Waals surface area contributed by atoms with Gasteiger partial charge in [-0.15, -0.1) is 4.28 Å². The van der Waals surface area contributed by atoms with Crippen molar-refractivity contribution in [1.82, 2.24) is 20.3 Å². The monoisotopic (exact) mass is 397 g/mol. The van der Waals surface area contributed by atoms with Crippen molar-refractivity contribution in [2.75, 3.05) is 6.54 Å². The van der Waals surface area contributed by atoms with E-state index in [0.29, 0.717) is 24.3 Å². The summed E-state index contributed by atoms with van der Waals surface area (Å²) in [5.41, 5.74) is 0.757. The van der Waals surface area contributed by atoms with E-state index < -0.39 is 28.5 Å². The average Bonchev–Trinajstić information content (AvgIpc) is 2.84. The molecule has 3 amide bonds. The number of hydrogen-bond acceptors (Lipinski definition) is 7. The fraction of sp³-hybridized carbons (Fsp3) is 0.467. The second-order valence-electron chi connectivity index (χ2n) is 6.29. The number of nitrogens with zero attached hydrogens (tertiary/aromatic N) is 3. The van der Waals surface area contributed by atoms with Crippen molar-refractivity contribution >= 4 is 28.2 Å². The van der Waals surface area contributed by atoms with Crippen LogP contribution in [0.2, 0.25) is 0 Å². The number of carbonyl (C=O) groups excluding carboxylic acids is 2. The molecule has 0 aliphatic carbocycles. The van der Waals surface area contributed by atoms with Gasteiger partial charge >= 0.3 is 16.4 Å². The number of urea groups is 1. The highest BCUT2D eigenvalue weighted by Gasteiger charge is 2.48. The molecule has 2 saturated heterocycles. The SMILES string of the molecule is N=C(NC(=O)CCc1ccccn1)[C@@H]1CC[C@@H]2CN1C(=O)N2OS(=O)(=O)O. The molecule has 3 heterocycles. The third kappa shape index (κ3) is 4.59. The summed E-state index contributed by atoms with van der Waals surface area (Å²) in [6.07, 6.45) is 2.93. The lowest BCUT2D eigenvalue weighted by Crippen LogP contribution is -2.50. The molecule has 0 saturated carbocycles. The van der Waals surface area contributed by atoms with Crippen LogP contribution in [0.4, 0.5) is 4.79 Å². The van der Waals surface area contributed by atoms with Crippen LogP contribution >= 0.6 is 0 Å². The van der Waals surface area contributed by atoms with E-state index in [0.717, 1.165) is 5.69 Å². The van der Waals surface area contributed by atoms with Crippen LogP contribution in [0.15, 0.2) is 24.4 Å². The summed E-state index contributed by atoms with van der Waals surface area (Å²) in [7, 11) is -4.82. The van der Waals surface area contributed by atoms with Crippen LogP contribution in [-0.2, 0) is 25.9 Å². The first-order valence-corrected chi connectivity index (χ1v) is 9.66. The Morgan fingerprint density at radius 1 is 1.41 bits per heavy atom.